The molecule has 2 aliphatic heterocycles. The van der Waals surface area contributed by atoms with Crippen molar-refractivity contribution < 1.29 is 18.3 Å². The summed E-state index contributed by atoms with van der Waals surface area (Å²) in [5, 5.41) is 0. The molecular weight excluding hydrogens is 348 g/mol. The van der Waals surface area contributed by atoms with Crippen molar-refractivity contribution in [3.63, 3.8) is 0 Å². The fraction of sp³-hybridized carbons (Fsp3) is 0.409. The van der Waals surface area contributed by atoms with Crippen LogP contribution in [-0.2, 0) is 6.42 Å². The number of halogens is 2. The molecule has 1 spiro atoms. The second-order valence-electron chi connectivity index (χ2n) is 7.59. The Hall–Kier alpha value is -2.27. The SMILES string of the molecule is O=C(CCCN1CCC2(CC1)Cc1cc(F)ccc1O2)c1ccc(F)cc1. The molecule has 0 bridgehead atoms. The predicted octanol–water partition coefficient (Wildman–Crippen LogP) is 4.40. The van der Waals surface area contributed by atoms with E-state index in [9.17, 15) is 13.6 Å². The number of carbonyl (C=O) groups excluding carboxylic acids is 1. The number of rotatable bonds is 5. The summed E-state index contributed by atoms with van der Waals surface area (Å²) < 4.78 is 32.5. The third-order valence-electron chi connectivity index (χ3n) is 5.67. The van der Waals surface area contributed by atoms with Crippen LogP contribution in [0.2, 0.25) is 0 Å². The Kier molecular flexibility index (Phi) is 4.96. The molecule has 3 nitrogen and oxygen atoms in total. The number of ether oxygens (including phenoxy) is 1. The Morgan fingerprint density at radius 3 is 2.48 bits per heavy atom. The van der Waals surface area contributed by atoms with Crippen LogP contribution in [-0.4, -0.2) is 35.9 Å². The van der Waals surface area contributed by atoms with Crippen LogP contribution < -0.4 is 4.74 Å². The average Bonchev–Trinajstić information content (AvgIpc) is 3.01. The lowest BCUT2D eigenvalue weighted by Gasteiger charge is -2.38. The van der Waals surface area contributed by atoms with E-state index >= 15 is 0 Å². The van der Waals surface area contributed by atoms with Gasteiger partial charge >= 0.3 is 0 Å². The van der Waals surface area contributed by atoms with E-state index < -0.39 is 0 Å². The molecule has 0 N–H and O–H groups in total. The normalized spacial score (nSPS) is 18.3. The maximum atomic E-state index is 13.4. The van der Waals surface area contributed by atoms with E-state index in [0.717, 1.165) is 56.6 Å². The van der Waals surface area contributed by atoms with Crippen molar-refractivity contribution in [1.82, 2.24) is 4.90 Å². The van der Waals surface area contributed by atoms with E-state index in [1.807, 2.05) is 0 Å². The topological polar surface area (TPSA) is 29.5 Å². The van der Waals surface area contributed by atoms with Gasteiger partial charge in [0.15, 0.2) is 5.78 Å². The number of piperidine rings is 1. The molecule has 4 rings (SSSR count). The molecule has 142 valence electrons. The molecule has 0 radical (unpaired) electrons. The van der Waals surface area contributed by atoms with Gasteiger partial charge in [-0.1, -0.05) is 0 Å². The van der Waals surface area contributed by atoms with Gasteiger partial charge in [-0.15, -0.1) is 0 Å². The number of carbonyl (C=O) groups is 1. The zero-order valence-electron chi connectivity index (χ0n) is 15.2. The maximum Gasteiger partial charge on any atom is 0.162 e. The lowest BCUT2D eigenvalue weighted by molar-refractivity contribution is 0.0190. The van der Waals surface area contributed by atoms with Gasteiger partial charge in [0.25, 0.3) is 0 Å². The van der Waals surface area contributed by atoms with Crippen molar-refractivity contribution in [3.8, 4) is 5.75 Å². The van der Waals surface area contributed by atoms with E-state index in [2.05, 4.69) is 4.90 Å². The lowest BCUT2D eigenvalue weighted by atomic mass is 9.87. The van der Waals surface area contributed by atoms with Gasteiger partial charge in [0.1, 0.15) is 23.0 Å². The van der Waals surface area contributed by atoms with Crippen LogP contribution in [0.25, 0.3) is 0 Å². The first kappa shape index (κ1) is 18.1. The molecule has 27 heavy (non-hydrogen) atoms. The van der Waals surface area contributed by atoms with E-state index in [1.165, 1.54) is 18.2 Å². The minimum absolute atomic E-state index is 0.0556. The Morgan fingerprint density at radius 2 is 1.74 bits per heavy atom. The molecule has 2 aromatic rings. The van der Waals surface area contributed by atoms with Crippen molar-refractivity contribution in [2.75, 3.05) is 19.6 Å². The van der Waals surface area contributed by atoms with Crippen LogP contribution in [0.5, 0.6) is 5.75 Å². The minimum Gasteiger partial charge on any atom is -0.487 e. The summed E-state index contributed by atoms with van der Waals surface area (Å²) in [6.07, 6.45) is 3.85. The molecule has 0 amide bonds. The third-order valence-corrected chi connectivity index (χ3v) is 5.67. The Morgan fingerprint density at radius 1 is 1.04 bits per heavy atom. The molecule has 0 aromatic heterocycles. The molecular formula is C22H23F2NO2. The predicted molar refractivity (Wildman–Crippen MR) is 99.1 cm³/mol. The second-order valence-corrected chi connectivity index (χ2v) is 7.59. The van der Waals surface area contributed by atoms with Crippen LogP contribution in [0, 0.1) is 11.6 Å². The average molecular weight is 371 g/mol. The van der Waals surface area contributed by atoms with Crippen molar-refractivity contribution in [2.24, 2.45) is 0 Å². The zero-order chi connectivity index (χ0) is 18.9. The van der Waals surface area contributed by atoms with Gasteiger partial charge < -0.3 is 9.64 Å². The smallest absolute Gasteiger partial charge is 0.162 e. The minimum atomic E-state index is -0.326. The summed E-state index contributed by atoms with van der Waals surface area (Å²) >= 11 is 0. The van der Waals surface area contributed by atoms with Crippen LogP contribution >= 0.6 is 0 Å². The number of Topliss-reactive ketones (excluding diaryl/α,β-unsaturated/α-hetero) is 1. The number of benzene rings is 2. The quantitative estimate of drug-likeness (QED) is 0.730. The van der Waals surface area contributed by atoms with E-state index in [1.54, 1.807) is 24.3 Å². The van der Waals surface area contributed by atoms with Crippen LogP contribution in [0.1, 0.15) is 41.6 Å². The van der Waals surface area contributed by atoms with E-state index in [-0.39, 0.29) is 23.0 Å². The molecule has 0 saturated carbocycles. The highest BCUT2D eigenvalue weighted by Gasteiger charge is 2.41. The number of hydrogen-bond acceptors (Lipinski definition) is 3. The highest BCUT2D eigenvalue weighted by molar-refractivity contribution is 5.95. The Balaban J connectivity index is 1.23. The molecule has 2 aromatic carbocycles. The van der Waals surface area contributed by atoms with Crippen LogP contribution in [0.4, 0.5) is 8.78 Å². The fourth-order valence-electron chi connectivity index (χ4n) is 4.11. The first-order valence-corrected chi connectivity index (χ1v) is 9.52. The zero-order valence-corrected chi connectivity index (χ0v) is 15.2. The van der Waals surface area contributed by atoms with Gasteiger partial charge in [-0.05, 0) is 55.4 Å². The number of hydrogen-bond donors (Lipinski definition) is 0. The van der Waals surface area contributed by atoms with Crippen molar-refractivity contribution in [2.45, 2.75) is 37.7 Å². The maximum absolute atomic E-state index is 13.4. The summed E-state index contributed by atoms with van der Waals surface area (Å²) in [6.45, 7) is 2.70. The standard InChI is InChI=1S/C22H23F2NO2/c23-18-5-3-16(4-6-18)20(26)2-1-11-25-12-9-22(10-13-25)15-17-14-19(24)7-8-21(17)27-22/h3-8,14H,1-2,9-13,15H2. The van der Waals surface area contributed by atoms with Crippen molar-refractivity contribution in [3.05, 3.63) is 65.2 Å². The highest BCUT2D eigenvalue weighted by Crippen LogP contribution is 2.41. The Labute approximate surface area is 157 Å². The number of ketones is 1. The van der Waals surface area contributed by atoms with Gasteiger partial charge in [-0.2, -0.15) is 0 Å². The van der Waals surface area contributed by atoms with Crippen molar-refractivity contribution in [1.29, 1.82) is 0 Å². The summed E-state index contributed by atoms with van der Waals surface area (Å²) in [5.74, 6) is 0.334. The summed E-state index contributed by atoms with van der Waals surface area (Å²) in [4.78, 5) is 14.5. The van der Waals surface area contributed by atoms with Gasteiger partial charge in [0, 0.05) is 49.9 Å². The molecule has 2 heterocycles. The van der Waals surface area contributed by atoms with E-state index in [0.29, 0.717) is 12.0 Å². The molecule has 2 aliphatic rings. The summed E-state index contributed by atoms with van der Waals surface area (Å²) in [7, 11) is 0. The Bertz CT molecular complexity index is 827. The van der Waals surface area contributed by atoms with E-state index in [4.69, 9.17) is 4.74 Å². The third kappa shape index (κ3) is 4.03. The first-order chi connectivity index (χ1) is 13.0. The molecule has 1 saturated heterocycles. The first-order valence-electron chi connectivity index (χ1n) is 9.52. The summed E-state index contributed by atoms with van der Waals surface area (Å²) in [6, 6.07) is 10.5. The monoisotopic (exact) mass is 371 g/mol. The number of likely N-dealkylation sites (tertiary alicyclic amines) is 1. The number of nitrogens with zero attached hydrogens (tertiary/aromatic N) is 1. The van der Waals surface area contributed by atoms with Gasteiger partial charge in [-0.25, -0.2) is 8.78 Å². The van der Waals surface area contributed by atoms with Crippen LogP contribution in [0.3, 0.4) is 0 Å². The fourth-order valence-corrected chi connectivity index (χ4v) is 4.11. The highest BCUT2D eigenvalue weighted by atomic mass is 19.1. The molecule has 0 unspecified atom stereocenters. The second kappa shape index (κ2) is 7.39. The molecule has 0 aliphatic carbocycles. The van der Waals surface area contributed by atoms with Gasteiger partial charge in [0.05, 0.1) is 0 Å². The largest absolute Gasteiger partial charge is 0.487 e. The van der Waals surface area contributed by atoms with Crippen LogP contribution in [0.15, 0.2) is 42.5 Å². The number of fused-ring (bicyclic) bond motifs is 1. The van der Waals surface area contributed by atoms with Crippen molar-refractivity contribution >= 4 is 5.78 Å². The lowest BCUT2D eigenvalue weighted by Crippen LogP contribution is -2.47. The summed E-state index contributed by atoms with van der Waals surface area (Å²) in [5.41, 5.74) is 1.34. The molecule has 0 atom stereocenters. The molecule has 5 heteroatoms. The van der Waals surface area contributed by atoms with Gasteiger partial charge in [-0.3, -0.25) is 4.79 Å². The van der Waals surface area contributed by atoms with Gasteiger partial charge in [0.2, 0.25) is 0 Å². The molecule has 1 fully saturated rings.